The fourth-order valence-electron chi connectivity index (χ4n) is 1.78. The number of methoxy groups -OCH3 is 2. The van der Waals surface area contributed by atoms with E-state index >= 15 is 0 Å². The molecule has 0 spiro atoms. The van der Waals surface area contributed by atoms with Crippen LogP contribution < -0.4 is 0 Å². The first-order chi connectivity index (χ1) is 7.67. The number of cyclic esters (lactones) is 2. The van der Waals surface area contributed by atoms with E-state index in [-0.39, 0.29) is 30.2 Å². The van der Waals surface area contributed by atoms with Gasteiger partial charge in [0.25, 0.3) is 0 Å². The van der Waals surface area contributed by atoms with Gasteiger partial charge in [-0.2, -0.15) is 0 Å². The van der Waals surface area contributed by atoms with Crippen LogP contribution in [0.15, 0.2) is 0 Å². The molecule has 1 rings (SSSR count). The van der Waals surface area contributed by atoms with E-state index in [9.17, 15) is 9.59 Å². The van der Waals surface area contributed by atoms with Gasteiger partial charge in [0.05, 0.1) is 21.9 Å². The van der Waals surface area contributed by atoms with E-state index in [0.29, 0.717) is 0 Å². The first-order valence-corrected chi connectivity index (χ1v) is 7.29. The van der Waals surface area contributed by atoms with E-state index in [2.05, 4.69) is 4.74 Å². The zero-order chi connectivity index (χ0) is 12.0. The molecule has 1 unspecified atom stereocenters. The lowest BCUT2D eigenvalue weighted by atomic mass is 10.0. The Morgan fingerprint density at radius 2 is 2.12 bits per heavy atom. The van der Waals surface area contributed by atoms with Crippen LogP contribution in [0.5, 0.6) is 0 Å². The van der Waals surface area contributed by atoms with Gasteiger partial charge in [-0.3, -0.25) is 9.59 Å². The van der Waals surface area contributed by atoms with Crippen molar-refractivity contribution in [2.45, 2.75) is 31.2 Å². The molecule has 1 aliphatic rings. The van der Waals surface area contributed by atoms with Crippen molar-refractivity contribution >= 4 is 21.5 Å². The van der Waals surface area contributed by atoms with Crippen LogP contribution in [0.1, 0.15) is 19.3 Å². The normalized spacial score (nSPS) is 21.3. The lowest BCUT2D eigenvalue weighted by Crippen LogP contribution is -2.21. The minimum absolute atomic E-state index is 0.0443. The van der Waals surface area contributed by atoms with E-state index in [4.69, 9.17) is 9.47 Å². The molecule has 1 atom stereocenters. The summed E-state index contributed by atoms with van der Waals surface area (Å²) in [5.41, 5.74) is 0. The molecule has 0 radical (unpaired) electrons. The van der Waals surface area contributed by atoms with Gasteiger partial charge in [0, 0.05) is 14.2 Å². The third-order valence-electron chi connectivity index (χ3n) is 2.73. The molecule has 6 heteroatoms. The maximum atomic E-state index is 11.1. The van der Waals surface area contributed by atoms with Crippen LogP contribution in [-0.4, -0.2) is 41.6 Å². The van der Waals surface area contributed by atoms with Gasteiger partial charge in [0.15, 0.2) is 0 Å². The molecule has 0 amide bonds. The second kappa shape index (κ2) is 6.77. The van der Waals surface area contributed by atoms with Crippen molar-refractivity contribution in [2.75, 3.05) is 14.2 Å². The molecule has 0 saturated carbocycles. The van der Waals surface area contributed by atoms with E-state index in [1.807, 2.05) is 0 Å². The molecule has 0 aromatic rings. The second-order valence-corrected chi connectivity index (χ2v) is 5.83. The summed E-state index contributed by atoms with van der Waals surface area (Å²) in [6, 6.07) is 1.05. The second-order valence-electron chi connectivity index (χ2n) is 3.88. The summed E-state index contributed by atoms with van der Waals surface area (Å²) in [6.07, 6.45) is 1.92. The smallest absolute Gasteiger partial charge is 0.317 e. The van der Waals surface area contributed by atoms with Crippen LogP contribution in [0.3, 0.4) is 0 Å². The molecule has 1 aliphatic heterocycles. The van der Waals surface area contributed by atoms with E-state index < -0.39 is 9.52 Å². The zero-order valence-electron chi connectivity index (χ0n) is 9.73. The Morgan fingerprint density at radius 1 is 1.44 bits per heavy atom. The van der Waals surface area contributed by atoms with Gasteiger partial charge in [-0.1, -0.05) is 12.5 Å². The molecule has 0 aliphatic carbocycles. The summed E-state index contributed by atoms with van der Waals surface area (Å²) in [4.78, 5) is 22.0. The van der Waals surface area contributed by atoms with Gasteiger partial charge in [0.1, 0.15) is 5.91 Å². The minimum Gasteiger partial charge on any atom is -0.393 e. The molecular weight excluding hydrogens is 228 g/mol. The molecule has 0 bridgehead atoms. The minimum atomic E-state index is -0.424. The summed E-state index contributed by atoms with van der Waals surface area (Å²) in [7, 11) is 2.84. The molecular formula is C10H18O5Si. The van der Waals surface area contributed by atoms with Crippen LogP contribution >= 0.6 is 0 Å². The summed E-state index contributed by atoms with van der Waals surface area (Å²) in [5.74, 6) is -1.01. The Balaban J connectivity index is 2.11. The summed E-state index contributed by atoms with van der Waals surface area (Å²) in [6.45, 7) is 0. The third kappa shape index (κ3) is 4.03. The number of rotatable bonds is 7. The predicted octanol–water partition coefficient (Wildman–Crippen LogP) is 0.0198. The summed E-state index contributed by atoms with van der Waals surface area (Å²) >= 11 is 0. The monoisotopic (exact) mass is 246 g/mol. The fourth-order valence-corrected chi connectivity index (χ4v) is 3.16. The van der Waals surface area contributed by atoms with Crippen molar-refractivity contribution < 1.29 is 23.8 Å². The van der Waals surface area contributed by atoms with Crippen molar-refractivity contribution in [3.8, 4) is 0 Å². The molecule has 5 nitrogen and oxygen atoms in total. The van der Waals surface area contributed by atoms with Gasteiger partial charge >= 0.3 is 11.9 Å². The highest BCUT2D eigenvalue weighted by Gasteiger charge is 2.32. The highest BCUT2D eigenvalue weighted by molar-refractivity contribution is 6.36. The molecule has 16 heavy (non-hydrogen) atoms. The molecule has 1 fully saturated rings. The Bertz CT molecular complexity index is 252. The summed E-state index contributed by atoms with van der Waals surface area (Å²) < 4.78 is 14.7. The highest BCUT2D eigenvalue weighted by atomic mass is 28.2. The molecule has 1 heterocycles. The van der Waals surface area contributed by atoms with Crippen LogP contribution in [0.4, 0.5) is 0 Å². The van der Waals surface area contributed by atoms with Gasteiger partial charge in [0.2, 0.25) is 0 Å². The van der Waals surface area contributed by atoms with Gasteiger partial charge in [-0.25, -0.2) is 0 Å². The average molecular weight is 246 g/mol. The van der Waals surface area contributed by atoms with Gasteiger partial charge < -0.3 is 14.2 Å². The standard InChI is InChI=1S/C10H18O5Si/c1-13-10(14-2)16-5-3-4-7-6-8(11)15-9(7)12/h7,10H,3-6,16H2,1-2H3. The third-order valence-corrected chi connectivity index (χ3v) is 4.78. The first kappa shape index (κ1) is 13.3. The fraction of sp³-hybridized carbons (Fsp3) is 0.800. The van der Waals surface area contributed by atoms with Crippen molar-refractivity contribution in [2.24, 2.45) is 5.92 Å². The number of carbonyl (C=O) groups excluding carboxylic acids is 2. The average Bonchev–Trinajstić information content (AvgIpc) is 2.58. The van der Waals surface area contributed by atoms with Crippen LogP contribution in [0, 0.1) is 5.92 Å². The van der Waals surface area contributed by atoms with Gasteiger partial charge in [-0.15, -0.1) is 0 Å². The van der Waals surface area contributed by atoms with E-state index in [1.165, 1.54) is 0 Å². The Morgan fingerprint density at radius 3 is 2.62 bits per heavy atom. The lowest BCUT2D eigenvalue weighted by molar-refractivity contribution is -0.153. The molecule has 1 saturated heterocycles. The molecule has 0 N–H and O–H groups in total. The van der Waals surface area contributed by atoms with Crippen LogP contribution in [-0.2, 0) is 23.8 Å². The predicted molar refractivity (Wildman–Crippen MR) is 59.6 cm³/mol. The molecule has 92 valence electrons. The maximum Gasteiger partial charge on any atom is 0.317 e. The quantitative estimate of drug-likeness (QED) is 0.208. The number of carbonyl (C=O) groups is 2. The van der Waals surface area contributed by atoms with Crippen molar-refractivity contribution in [1.29, 1.82) is 0 Å². The molecule has 0 aromatic carbocycles. The Labute approximate surface area is 97.3 Å². The first-order valence-electron chi connectivity index (χ1n) is 5.47. The molecule has 0 aromatic heterocycles. The number of esters is 2. The SMILES string of the molecule is COC(OC)[SiH2]CCCC1CC(=O)OC1=O. The van der Waals surface area contributed by atoms with Crippen LogP contribution in [0.25, 0.3) is 0 Å². The maximum absolute atomic E-state index is 11.1. The summed E-state index contributed by atoms with van der Waals surface area (Å²) in [5, 5.41) is 0. The Kier molecular flexibility index (Phi) is 5.65. The largest absolute Gasteiger partial charge is 0.393 e. The van der Waals surface area contributed by atoms with Crippen molar-refractivity contribution in [3.63, 3.8) is 0 Å². The van der Waals surface area contributed by atoms with Crippen molar-refractivity contribution in [1.82, 2.24) is 0 Å². The van der Waals surface area contributed by atoms with E-state index in [0.717, 1.165) is 18.9 Å². The van der Waals surface area contributed by atoms with Gasteiger partial charge in [-0.05, 0) is 6.42 Å². The Hall–Kier alpha value is -0.723. The van der Waals surface area contributed by atoms with Crippen LogP contribution in [0.2, 0.25) is 6.04 Å². The highest BCUT2D eigenvalue weighted by Crippen LogP contribution is 2.21. The number of ether oxygens (including phenoxy) is 3. The van der Waals surface area contributed by atoms with Crippen molar-refractivity contribution in [3.05, 3.63) is 0 Å². The van der Waals surface area contributed by atoms with E-state index in [1.54, 1.807) is 14.2 Å². The topological polar surface area (TPSA) is 61.8 Å². The number of hydrogen-bond donors (Lipinski definition) is 0. The lowest BCUT2D eigenvalue weighted by Gasteiger charge is -2.12. The zero-order valence-corrected chi connectivity index (χ0v) is 11.1. The number of hydrogen-bond acceptors (Lipinski definition) is 5.